The van der Waals surface area contributed by atoms with Gasteiger partial charge in [0, 0.05) is 5.56 Å². The molecule has 3 nitrogen and oxygen atoms in total. The second-order valence-corrected chi connectivity index (χ2v) is 5.78. The fraction of sp³-hybridized carbons (Fsp3) is 0.545. The maximum absolute atomic E-state index is 10.4. The van der Waals surface area contributed by atoms with Crippen LogP contribution in [0.1, 0.15) is 26.3 Å². The molecule has 1 atom stereocenters. The lowest BCUT2D eigenvalue weighted by atomic mass is 10.1. The number of nitrogens with zero attached hydrogens (tertiary/aromatic N) is 1. The number of ether oxygens (including phenoxy) is 1. The highest BCUT2D eigenvalue weighted by molar-refractivity contribution is 7.08. The molecule has 0 radical (unpaired) electrons. The average Bonchev–Trinajstić information content (AvgIpc) is 2.67. The fourth-order valence-corrected chi connectivity index (χ4v) is 2.04. The number of carbonyl (C=O) groups excluding carboxylic acids is 1. The van der Waals surface area contributed by atoms with Crippen LogP contribution in [0.15, 0.2) is 21.8 Å². The quantitative estimate of drug-likeness (QED) is 0.360. The van der Waals surface area contributed by atoms with Gasteiger partial charge in [-0.1, -0.05) is 11.6 Å². The molecule has 1 heterocycles. The van der Waals surface area contributed by atoms with E-state index in [0.717, 1.165) is 5.56 Å². The zero-order valence-corrected chi connectivity index (χ0v) is 11.1. The minimum atomic E-state index is -1.16. The molecule has 0 amide bonds. The van der Waals surface area contributed by atoms with Gasteiger partial charge in [0.1, 0.15) is 0 Å². The van der Waals surface area contributed by atoms with Crippen molar-refractivity contribution in [3.63, 3.8) is 0 Å². The van der Waals surface area contributed by atoms with E-state index in [0.29, 0.717) is 0 Å². The van der Waals surface area contributed by atoms with E-state index < -0.39 is 5.00 Å². The van der Waals surface area contributed by atoms with Gasteiger partial charge in [-0.3, -0.25) is 0 Å². The summed E-state index contributed by atoms with van der Waals surface area (Å²) in [6.07, 6.45) is 1.50. The van der Waals surface area contributed by atoms with Gasteiger partial charge < -0.3 is 4.74 Å². The van der Waals surface area contributed by atoms with Crippen LogP contribution in [0.3, 0.4) is 0 Å². The Balaban J connectivity index is 2.86. The van der Waals surface area contributed by atoms with E-state index in [1.54, 1.807) is 0 Å². The van der Waals surface area contributed by atoms with E-state index >= 15 is 0 Å². The summed E-state index contributed by atoms with van der Waals surface area (Å²) in [7, 11) is 0. The number of alkyl halides is 1. The molecule has 0 saturated heterocycles. The molecule has 0 aliphatic rings. The standard InChI is InChI=1S/C11H14ClNO2S/c1-10(2,3)15-7-11(12,13-8-14)9-4-5-16-6-9/h4-6H,7H2,1-3H3. The van der Waals surface area contributed by atoms with Crippen molar-refractivity contribution in [3.8, 4) is 0 Å². The number of aliphatic imine (C=N–C) groups is 1. The van der Waals surface area contributed by atoms with Crippen LogP contribution in [0.5, 0.6) is 0 Å². The maximum Gasteiger partial charge on any atom is 0.237 e. The van der Waals surface area contributed by atoms with Gasteiger partial charge in [-0.25, -0.2) is 4.79 Å². The van der Waals surface area contributed by atoms with Crippen molar-refractivity contribution >= 4 is 29.0 Å². The Morgan fingerprint density at radius 1 is 1.56 bits per heavy atom. The summed E-state index contributed by atoms with van der Waals surface area (Å²) in [5.41, 5.74) is 0.431. The van der Waals surface area contributed by atoms with Gasteiger partial charge in [0.25, 0.3) is 0 Å². The topological polar surface area (TPSA) is 38.7 Å². The van der Waals surface area contributed by atoms with E-state index in [2.05, 4.69) is 4.99 Å². The maximum atomic E-state index is 10.4. The summed E-state index contributed by atoms with van der Waals surface area (Å²) in [4.78, 5) is 12.9. The normalized spacial score (nSPS) is 15.2. The average molecular weight is 260 g/mol. The van der Waals surface area contributed by atoms with Crippen molar-refractivity contribution in [3.05, 3.63) is 22.4 Å². The number of isocyanates is 1. The summed E-state index contributed by atoms with van der Waals surface area (Å²) in [5, 5.41) is 3.73. The van der Waals surface area contributed by atoms with Crippen molar-refractivity contribution < 1.29 is 9.53 Å². The van der Waals surface area contributed by atoms with Gasteiger partial charge in [-0.2, -0.15) is 16.3 Å². The van der Waals surface area contributed by atoms with E-state index in [-0.39, 0.29) is 12.2 Å². The van der Waals surface area contributed by atoms with Gasteiger partial charge in [0.15, 0.2) is 5.00 Å². The molecule has 0 saturated carbocycles. The SMILES string of the molecule is CC(C)(C)OCC(Cl)(N=C=O)c1ccsc1. The molecule has 0 aromatic carbocycles. The minimum Gasteiger partial charge on any atom is -0.372 e. The summed E-state index contributed by atoms with van der Waals surface area (Å²) in [6.45, 7) is 5.90. The fourth-order valence-electron chi connectivity index (χ4n) is 1.05. The van der Waals surface area contributed by atoms with Gasteiger partial charge in [0.2, 0.25) is 6.08 Å². The third-order valence-corrected chi connectivity index (χ3v) is 2.98. The second kappa shape index (κ2) is 5.11. The number of hydrogen-bond donors (Lipinski definition) is 0. The number of halogens is 1. The number of hydrogen-bond acceptors (Lipinski definition) is 4. The zero-order valence-electron chi connectivity index (χ0n) is 9.49. The highest BCUT2D eigenvalue weighted by Crippen LogP contribution is 2.33. The molecule has 0 fully saturated rings. The van der Waals surface area contributed by atoms with Crippen LogP contribution in [0.4, 0.5) is 0 Å². The molecule has 5 heteroatoms. The Labute approximate surface area is 104 Å². The Hall–Kier alpha value is -0.670. The smallest absolute Gasteiger partial charge is 0.237 e. The Kier molecular flexibility index (Phi) is 4.28. The highest BCUT2D eigenvalue weighted by atomic mass is 35.5. The number of rotatable bonds is 4. The molecule has 0 bridgehead atoms. The van der Waals surface area contributed by atoms with Crippen LogP contribution in [0.2, 0.25) is 0 Å². The lowest BCUT2D eigenvalue weighted by Gasteiger charge is -2.26. The highest BCUT2D eigenvalue weighted by Gasteiger charge is 2.32. The predicted molar refractivity (Wildman–Crippen MR) is 65.7 cm³/mol. The minimum absolute atomic E-state index is 0.143. The molecule has 1 unspecified atom stereocenters. The van der Waals surface area contributed by atoms with Crippen molar-refractivity contribution in [1.29, 1.82) is 0 Å². The molecular formula is C11H14ClNO2S. The van der Waals surface area contributed by atoms with E-state index in [4.69, 9.17) is 16.3 Å². The van der Waals surface area contributed by atoms with Crippen LogP contribution in [0.25, 0.3) is 0 Å². The first-order valence-electron chi connectivity index (χ1n) is 4.82. The molecule has 1 aromatic heterocycles. The van der Waals surface area contributed by atoms with Gasteiger partial charge >= 0.3 is 0 Å². The van der Waals surface area contributed by atoms with Crippen molar-refractivity contribution in [2.24, 2.45) is 4.99 Å². The third kappa shape index (κ3) is 3.72. The molecule has 0 aliphatic carbocycles. The van der Waals surface area contributed by atoms with Crippen LogP contribution in [-0.2, 0) is 14.5 Å². The first-order valence-corrected chi connectivity index (χ1v) is 6.14. The summed E-state index contributed by atoms with van der Waals surface area (Å²) < 4.78 is 5.57. The van der Waals surface area contributed by atoms with Crippen LogP contribution >= 0.6 is 22.9 Å². The summed E-state index contributed by atoms with van der Waals surface area (Å²) in [6, 6.07) is 1.82. The molecule has 0 aliphatic heterocycles. The number of thiophene rings is 1. The molecular weight excluding hydrogens is 246 g/mol. The van der Waals surface area contributed by atoms with Crippen molar-refractivity contribution in [1.82, 2.24) is 0 Å². The first kappa shape index (κ1) is 13.4. The summed E-state index contributed by atoms with van der Waals surface area (Å²) >= 11 is 7.76. The van der Waals surface area contributed by atoms with E-state index in [9.17, 15) is 4.79 Å². The Morgan fingerprint density at radius 3 is 2.69 bits per heavy atom. The molecule has 1 aromatic rings. The Bertz CT molecular complexity index is 379. The van der Waals surface area contributed by atoms with Gasteiger partial charge in [-0.05, 0) is 37.6 Å². The molecule has 0 spiro atoms. The predicted octanol–water partition coefficient (Wildman–Crippen LogP) is 3.29. The van der Waals surface area contributed by atoms with E-state index in [1.807, 2.05) is 37.6 Å². The van der Waals surface area contributed by atoms with Gasteiger partial charge in [-0.15, -0.1) is 0 Å². The molecule has 88 valence electrons. The van der Waals surface area contributed by atoms with Crippen molar-refractivity contribution in [2.45, 2.75) is 31.4 Å². The zero-order chi connectivity index (χ0) is 12.2. The van der Waals surface area contributed by atoms with Crippen LogP contribution in [0, 0.1) is 0 Å². The van der Waals surface area contributed by atoms with Crippen LogP contribution < -0.4 is 0 Å². The molecule has 0 N–H and O–H groups in total. The lowest BCUT2D eigenvalue weighted by molar-refractivity contribution is -0.0161. The summed E-state index contributed by atoms with van der Waals surface area (Å²) in [5.74, 6) is 0. The van der Waals surface area contributed by atoms with Crippen molar-refractivity contribution in [2.75, 3.05) is 6.61 Å². The lowest BCUT2D eigenvalue weighted by Crippen LogP contribution is -2.29. The van der Waals surface area contributed by atoms with Crippen LogP contribution in [-0.4, -0.2) is 18.3 Å². The van der Waals surface area contributed by atoms with Gasteiger partial charge in [0.05, 0.1) is 12.2 Å². The Morgan fingerprint density at radius 2 is 2.25 bits per heavy atom. The largest absolute Gasteiger partial charge is 0.372 e. The van der Waals surface area contributed by atoms with E-state index in [1.165, 1.54) is 17.4 Å². The first-order chi connectivity index (χ1) is 7.37. The molecule has 16 heavy (non-hydrogen) atoms. The third-order valence-electron chi connectivity index (χ3n) is 1.88. The molecule has 1 rings (SSSR count). The monoisotopic (exact) mass is 259 g/mol. The second-order valence-electron chi connectivity index (χ2n) is 4.38.